The first-order valence-electron chi connectivity index (χ1n) is 5.11. The molecule has 1 fully saturated rings. The van der Waals surface area contributed by atoms with Crippen molar-refractivity contribution in [3.8, 4) is 0 Å². The highest BCUT2D eigenvalue weighted by molar-refractivity contribution is 7.80. The highest BCUT2D eigenvalue weighted by Crippen LogP contribution is 2.70. The molecule has 1 unspecified atom stereocenters. The molecule has 102 valence electrons. The van der Waals surface area contributed by atoms with Crippen molar-refractivity contribution >= 4 is 27.8 Å². The molecule has 10 heteroatoms. The molecule has 5 N–H and O–H groups in total. The van der Waals surface area contributed by atoms with E-state index in [1.54, 1.807) is 0 Å². The van der Waals surface area contributed by atoms with Crippen molar-refractivity contribution in [2.24, 2.45) is 5.92 Å². The zero-order valence-corrected chi connectivity index (χ0v) is 11.7. The molecule has 0 aromatic rings. The summed E-state index contributed by atoms with van der Waals surface area (Å²) < 4.78 is 22.7. The van der Waals surface area contributed by atoms with Gasteiger partial charge in [-0.25, -0.2) is 0 Å². The van der Waals surface area contributed by atoms with E-state index in [9.17, 15) is 28.7 Å². The molecule has 1 aliphatic rings. The van der Waals surface area contributed by atoms with Gasteiger partial charge in [0.1, 0.15) is 0 Å². The molecule has 0 bridgehead atoms. The van der Waals surface area contributed by atoms with Gasteiger partial charge in [-0.3, -0.25) is 14.4 Å². The van der Waals surface area contributed by atoms with Crippen LogP contribution in [-0.2, 0) is 9.13 Å². The predicted octanol–water partition coefficient (Wildman–Crippen LogP) is 0.315. The molecule has 0 aliphatic carbocycles. The van der Waals surface area contributed by atoms with Gasteiger partial charge >= 0.3 is 15.2 Å². The molecule has 1 saturated heterocycles. The summed E-state index contributed by atoms with van der Waals surface area (Å²) in [7, 11) is -9.86. The molecule has 1 aliphatic heterocycles. The Morgan fingerprint density at radius 1 is 1.24 bits per heavy atom. The molecule has 0 radical (unpaired) electrons. The Morgan fingerprint density at radius 2 is 1.76 bits per heavy atom. The Kier molecular flexibility index (Phi) is 4.89. The summed E-state index contributed by atoms with van der Waals surface area (Å²) in [4.78, 5) is 36.7. The van der Waals surface area contributed by atoms with Gasteiger partial charge in [-0.1, -0.05) is 0 Å². The molecule has 7 nitrogen and oxygen atoms in total. The van der Waals surface area contributed by atoms with Crippen LogP contribution in [-0.4, -0.2) is 36.9 Å². The molecule has 0 amide bonds. The fraction of sp³-hybridized carbons (Fsp3) is 1.00. The minimum Gasteiger partial charge on any atom is -0.323 e. The summed E-state index contributed by atoms with van der Waals surface area (Å²) in [6.45, 7) is 0.177. The second-order valence-corrected chi connectivity index (χ2v) is 8.71. The van der Waals surface area contributed by atoms with Crippen LogP contribution in [0.4, 0.5) is 0 Å². The number of nitrogens with one attached hydrogen (secondary N) is 1. The van der Waals surface area contributed by atoms with Crippen molar-refractivity contribution in [1.82, 2.24) is 5.32 Å². The second kappa shape index (κ2) is 5.31. The van der Waals surface area contributed by atoms with Crippen molar-refractivity contribution in [1.29, 1.82) is 0 Å². The van der Waals surface area contributed by atoms with E-state index in [0.29, 0.717) is 12.2 Å². The average molecular weight is 305 g/mol. The van der Waals surface area contributed by atoms with Crippen LogP contribution in [0.3, 0.4) is 0 Å². The van der Waals surface area contributed by atoms with Crippen LogP contribution in [0.1, 0.15) is 19.3 Å². The molecule has 1 rings (SSSR count). The summed E-state index contributed by atoms with van der Waals surface area (Å²) in [6.07, 6.45) is 0.873. The lowest BCUT2D eigenvalue weighted by Crippen LogP contribution is -2.50. The Bertz CT molecular complexity index is 333. The van der Waals surface area contributed by atoms with Gasteiger partial charge in [0.2, 0.25) is 5.02 Å². The highest BCUT2D eigenvalue weighted by Gasteiger charge is 2.61. The molecule has 17 heavy (non-hydrogen) atoms. The molecule has 0 aromatic heterocycles. The van der Waals surface area contributed by atoms with Crippen LogP contribution in [0.25, 0.3) is 0 Å². The van der Waals surface area contributed by atoms with E-state index in [0.717, 1.165) is 6.42 Å². The maximum Gasteiger partial charge on any atom is 0.357 e. The van der Waals surface area contributed by atoms with Gasteiger partial charge in [0.15, 0.2) is 0 Å². The van der Waals surface area contributed by atoms with Gasteiger partial charge in [0, 0.05) is 0 Å². The summed E-state index contributed by atoms with van der Waals surface area (Å²) in [5.41, 5.74) is 0. The van der Waals surface area contributed by atoms with Crippen molar-refractivity contribution in [2.75, 3.05) is 12.3 Å². The quantitative estimate of drug-likeness (QED) is 0.326. The van der Waals surface area contributed by atoms with E-state index >= 15 is 0 Å². The zero-order valence-electron chi connectivity index (χ0n) is 9.06. The van der Waals surface area contributed by atoms with Crippen LogP contribution in [0, 0.1) is 5.92 Å². The lowest BCUT2D eigenvalue weighted by Gasteiger charge is -2.40. The topological polar surface area (TPSA) is 127 Å². The van der Waals surface area contributed by atoms with Gasteiger partial charge < -0.3 is 19.6 Å². The van der Waals surface area contributed by atoms with Gasteiger partial charge in [0.05, 0.1) is 0 Å². The standard InChI is InChI=1S/C7H17NO6P2S/c9-15(10,11)7(16(12,13)14)3-1-6(2-4-17)5-8-7/h6,8,17H,1-5H2,(H2,9,10,11)(H2,12,13,14). The lowest BCUT2D eigenvalue weighted by molar-refractivity contribution is 0.234. The highest BCUT2D eigenvalue weighted by atomic mass is 32.1. The van der Waals surface area contributed by atoms with Crippen molar-refractivity contribution in [3.05, 3.63) is 0 Å². The van der Waals surface area contributed by atoms with Crippen LogP contribution in [0.5, 0.6) is 0 Å². The molecule has 1 atom stereocenters. The summed E-state index contributed by atoms with van der Waals surface area (Å²) in [5, 5.41) is -0.0224. The number of hydrogen-bond acceptors (Lipinski definition) is 4. The lowest BCUT2D eigenvalue weighted by atomic mass is 9.97. The minimum atomic E-state index is -4.93. The fourth-order valence-corrected chi connectivity index (χ4v) is 5.16. The average Bonchev–Trinajstić information content (AvgIpc) is 2.15. The second-order valence-electron chi connectivity index (χ2n) is 4.20. The maximum absolute atomic E-state index is 11.3. The molecular formula is C7H17NO6P2S. The van der Waals surface area contributed by atoms with Crippen molar-refractivity contribution in [3.63, 3.8) is 0 Å². The van der Waals surface area contributed by atoms with E-state index in [4.69, 9.17) is 0 Å². The third-order valence-electron chi connectivity index (χ3n) is 3.08. The van der Waals surface area contributed by atoms with Crippen LogP contribution < -0.4 is 5.32 Å². The van der Waals surface area contributed by atoms with E-state index in [2.05, 4.69) is 17.9 Å². The Morgan fingerprint density at radius 3 is 2.06 bits per heavy atom. The predicted molar refractivity (Wildman–Crippen MR) is 66.0 cm³/mol. The third-order valence-corrected chi connectivity index (χ3v) is 7.59. The molecular weight excluding hydrogens is 288 g/mol. The van der Waals surface area contributed by atoms with E-state index < -0.39 is 20.2 Å². The van der Waals surface area contributed by atoms with Gasteiger partial charge in [-0.15, -0.1) is 0 Å². The summed E-state index contributed by atoms with van der Waals surface area (Å²) in [5.74, 6) is 0.768. The Labute approximate surface area is 105 Å². The minimum absolute atomic E-state index is 0.138. The monoisotopic (exact) mass is 305 g/mol. The molecule has 0 spiro atoms. The summed E-state index contributed by atoms with van der Waals surface area (Å²) in [6, 6.07) is 0. The van der Waals surface area contributed by atoms with Crippen LogP contribution in [0.15, 0.2) is 0 Å². The van der Waals surface area contributed by atoms with Gasteiger partial charge in [-0.2, -0.15) is 12.6 Å². The Hall–Kier alpha value is 0.610. The van der Waals surface area contributed by atoms with E-state index in [1.165, 1.54) is 0 Å². The SMILES string of the molecule is O=P(O)(O)C1(P(=O)(O)O)CCC(CCS)CN1. The number of hydrogen-bond donors (Lipinski definition) is 6. The number of piperidine rings is 1. The van der Waals surface area contributed by atoms with Gasteiger partial charge in [-0.05, 0) is 37.5 Å². The first kappa shape index (κ1) is 15.7. The summed E-state index contributed by atoms with van der Waals surface area (Å²) >= 11 is 4.05. The first-order chi connectivity index (χ1) is 7.64. The van der Waals surface area contributed by atoms with Crippen molar-refractivity contribution in [2.45, 2.75) is 24.3 Å². The molecule has 1 heterocycles. The smallest absolute Gasteiger partial charge is 0.323 e. The molecule has 0 saturated carbocycles. The largest absolute Gasteiger partial charge is 0.357 e. The third kappa shape index (κ3) is 3.14. The van der Waals surface area contributed by atoms with E-state index in [-0.39, 0.29) is 18.9 Å². The molecule has 0 aromatic carbocycles. The van der Waals surface area contributed by atoms with Gasteiger partial charge in [0.25, 0.3) is 0 Å². The van der Waals surface area contributed by atoms with Crippen LogP contribution in [0.2, 0.25) is 0 Å². The maximum atomic E-state index is 11.3. The Balaban J connectivity index is 2.93. The first-order valence-corrected chi connectivity index (χ1v) is 8.97. The normalized spacial score (nSPS) is 25.8. The number of rotatable bonds is 4. The van der Waals surface area contributed by atoms with Crippen molar-refractivity contribution < 1.29 is 28.7 Å². The number of thiol groups is 1. The van der Waals surface area contributed by atoms with E-state index in [1.807, 2.05) is 0 Å². The fourth-order valence-electron chi connectivity index (χ4n) is 2.00. The zero-order chi connectivity index (χ0) is 13.3. The van der Waals surface area contributed by atoms with Crippen LogP contribution >= 0.6 is 27.8 Å².